The monoisotopic (exact) mass is 240 g/mol. The quantitative estimate of drug-likeness (QED) is 0.456. The highest BCUT2D eigenvalue weighted by molar-refractivity contribution is 4.72. The molecule has 0 spiro atoms. The van der Waals surface area contributed by atoms with Gasteiger partial charge in [0.15, 0.2) is 0 Å². The van der Waals surface area contributed by atoms with Crippen molar-refractivity contribution in [3.05, 3.63) is 0 Å². The molecule has 17 heavy (non-hydrogen) atoms. The maximum absolute atomic E-state index is 2.38. The van der Waals surface area contributed by atoms with E-state index < -0.39 is 0 Å². The van der Waals surface area contributed by atoms with E-state index in [9.17, 15) is 0 Å². The van der Waals surface area contributed by atoms with Crippen molar-refractivity contribution in [2.75, 3.05) is 0 Å². The summed E-state index contributed by atoms with van der Waals surface area (Å²) >= 11 is 0. The lowest BCUT2D eigenvalue weighted by atomic mass is 9.78. The largest absolute Gasteiger partial charge is 0.0776 e. The Labute approximate surface area is 111 Å². The molecular formula is C17H36. The lowest BCUT2D eigenvalue weighted by Crippen LogP contribution is -2.14. The average Bonchev–Trinajstić information content (AvgIpc) is 2.23. The Morgan fingerprint density at radius 3 is 1.35 bits per heavy atom. The molecule has 0 aromatic rings. The predicted octanol–water partition coefficient (Wildman–Crippen LogP) is 6.45. The van der Waals surface area contributed by atoms with Crippen molar-refractivity contribution >= 4 is 0 Å². The molecule has 0 heterocycles. The third-order valence-electron chi connectivity index (χ3n) is 4.75. The highest BCUT2D eigenvalue weighted by Gasteiger charge is 2.19. The summed E-state index contributed by atoms with van der Waals surface area (Å²) in [4.78, 5) is 0. The van der Waals surface area contributed by atoms with Crippen molar-refractivity contribution in [2.24, 2.45) is 17.3 Å². The summed E-state index contributed by atoms with van der Waals surface area (Å²) in [6, 6.07) is 0. The molecular weight excluding hydrogens is 204 g/mol. The van der Waals surface area contributed by atoms with Gasteiger partial charge in [-0.15, -0.1) is 0 Å². The molecule has 2 unspecified atom stereocenters. The molecule has 0 radical (unpaired) electrons. The lowest BCUT2D eigenvalue weighted by Gasteiger charge is -2.28. The van der Waals surface area contributed by atoms with Gasteiger partial charge in [-0.2, -0.15) is 0 Å². The van der Waals surface area contributed by atoms with Crippen LogP contribution < -0.4 is 0 Å². The second-order valence-electron chi connectivity index (χ2n) is 6.96. The first kappa shape index (κ1) is 17.0. The minimum Gasteiger partial charge on any atom is -0.0776 e. The average molecular weight is 240 g/mol. The van der Waals surface area contributed by atoms with Crippen molar-refractivity contribution in [3.63, 3.8) is 0 Å². The smallest absolute Gasteiger partial charge is 0.0354 e. The second-order valence-corrected chi connectivity index (χ2v) is 6.96. The zero-order valence-corrected chi connectivity index (χ0v) is 12.0. The summed E-state index contributed by atoms with van der Waals surface area (Å²) in [7, 11) is 0. The van der Waals surface area contributed by atoms with Crippen molar-refractivity contribution in [2.45, 2.75) is 92.9 Å². The molecule has 0 aromatic heterocycles. The van der Waals surface area contributed by atoms with Gasteiger partial charge in [0, 0.05) is 0 Å². The Bertz CT molecular complexity index is 162. The minimum atomic E-state index is 0. The first-order valence-electron chi connectivity index (χ1n) is 7.51. The lowest BCUT2D eigenvalue weighted by molar-refractivity contribution is 0.244. The topological polar surface area (TPSA) is 0 Å². The summed E-state index contributed by atoms with van der Waals surface area (Å²) in [6.45, 7) is 9.52. The molecule has 104 valence electrons. The van der Waals surface area contributed by atoms with Crippen LogP contribution in [0, 0.1) is 17.3 Å². The van der Waals surface area contributed by atoms with E-state index in [0.29, 0.717) is 5.41 Å². The second kappa shape index (κ2) is 8.16. The Kier molecular flexibility index (Phi) is 8.16. The zero-order valence-electron chi connectivity index (χ0n) is 12.0. The van der Waals surface area contributed by atoms with Gasteiger partial charge >= 0.3 is 0 Å². The van der Waals surface area contributed by atoms with E-state index >= 15 is 0 Å². The molecule has 0 saturated heterocycles. The fourth-order valence-corrected chi connectivity index (χ4v) is 3.01. The maximum Gasteiger partial charge on any atom is -0.0354 e. The fraction of sp³-hybridized carbons (Fsp3) is 1.00. The van der Waals surface area contributed by atoms with Crippen LogP contribution >= 0.6 is 0 Å². The van der Waals surface area contributed by atoms with E-state index in [1.54, 1.807) is 0 Å². The minimum absolute atomic E-state index is 0. The van der Waals surface area contributed by atoms with Gasteiger partial charge in [-0.3, -0.25) is 0 Å². The van der Waals surface area contributed by atoms with Gasteiger partial charge in [-0.05, 0) is 30.1 Å². The van der Waals surface area contributed by atoms with Crippen molar-refractivity contribution in [1.29, 1.82) is 0 Å². The van der Waals surface area contributed by atoms with Crippen molar-refractivity contribution in [3.8, 4) is 0 Å². The van der Waals surface area contributed by atoms with Gasteiger partial charge < -0.3 is 0 Å². The molecule has 0 N–H and O–H groups in total. The molecule has 0 aromatic carbocycles. The van der Waals surface area contributed by atoms with Crippen LogP contribution in [0.4, 0.5) is 0 Å². The van der Waals surface area contributed by atoms with Crippen LogP contribution in [0.25, 0.3) is 0 Å². The standard InChI is InChI=1S/2C8H16.CH4/c1-8(2)6-4-3-5-7-8;1-7-5-3-4-6-8(7)2;/h3-7H2,1-2H3;7-8H,3-6H2,1-2H3;1H4. The molecule has 0 bridgehead atoms. The Hall–Kier alpha value is 0. The van der Waals surface area contributed by atoms with Gasteiger partial charge in [-0.25, -0.2) is 0 Å². The third-order valence-corrected chi connectivity index (χ3v) is 4.75. The van der Waals surface area contributed by atoms with Crippen LogP contribution in [0.3, 0.4) is 0 Å². The van der Waals surface area contributed by atoms with Crippen LogP contribution in [-0.2, 0) is 0 Å². The summed E-state index contributed by atoms with van der Waals surface area (Å²) in [6.07, 6.45) is 13.2. The van der Waals surface area contributed by atoms with Crippen LogP contribution in [0.5, 0.6) is 0 Å². The van der Waals surface area contributed by atoms with E-state index in [0.717, 1.165) is 11.8 Å². The Morgan fingerprint density at radius 2 is 1.12 bits per heavy atom. The summed E-state index contributed by atoms with van der Waals surface area (Å²) in [5, 5.41) is 0. The first-order chi connectivity index (χ1) is 7.51. The molecule has 0 amide bonds. The molecule has 0 nitrogen and oxygen atoms in total. The molecule has 2 aliphatic carbocycles. The molecule has 2 rings (SSSR count). The molecule has 2 saturated carbocycles. The maximum atomic E-state index is 2.38. The fourth-order valence-electron chi connectivity index (χ4n) is 3.01. The van der Waals surface area contributed by atoms with Gasteiger partial charge in [-0.1, -0.05) is 80.1 Å². The van der Waals surface area contributed by atoms with Gasteiger partial charge in [0.25, 0.3) is 0 Å². The highest BCUT2D eigenvalue weighted by Crippen LogP contribution is 2.34. The van der Waals surface area contributed by atoms with Crippen molar-refractivity contribution in [1.82, 2.24) is 0 Å². The normalized spacial score (nSPS) is 31.8. The third kappa shape index (κ3) is 7.11. The molecule has 2 atom stereocenters. The van der Waals surface area contributed by atoms with E-state index in [4.69, 9.17) is 0 Å². The zero-order chi connectivity index (χ0) is 12.0. The van der Waals surface area contributed by atoms with E-state index in [-0.39, 0.29) is 7.43 Å². The highest BCUT2D eigenvalue weighted by atomic mass is 14.3. The molecule has 2 aliphatic rings. The number of hydrogen-bond acceptors (Lipinski definition) is 0. The summed E-state index contributed by atoms with van der Waals surface area (Å²) < 4.78 is 0. The van der Waals surface area contributed by atoms with Gasteiger partial charge in [0.05, 0.1) is 0 Å². The van der Waals surface area contributed by atoms with Crippen LogP contribution in [0.2, 0.25) is 0 Å². The van der Waals surface area contributed by atoms with Crippen LogP contribution in [0.1, 0.15) is 92.9 Å². The summed E-state index contributed by atoms with van der Waals surface area (Å²) in [5.74, 6) is 2.01. The number of hydrogen-bond donors (Lipinski definition) is 0. The first-order valence-corrected chi connectivity index (χ1v) is 7.51. The molecule has 0 aliphatic heterocycles. The Morgan fingerprint density at radius 1 is 0.706 bits per heavy atom. The van der Waals surface area contributed by atoms with Gasteiger partial charge in [0.2, 0.25) is 0 Å². The Balaban J connectivity index is 0.000000284. The van der Waals surface area contributed by atoms with E-state index in [1.165, 1.54) is 57.8 Å². The summed E-state index contributed by atoms with van der Waals surface area (Å²) in [5.41, 5.74) is 0.679. The molecule has 2 fully saturated rings. The van der Waals surface area contributed by atoms with Crippen LogP contribution in [0.15, 0.2) is 0 Å². The SMILES string of the molecule is C.CC1(C)CCCCC1.CC1CCCCC1C. The van der Waals surface area contributed by atoms with Crippen molar-refractivity contribution < 1.29 is 0 Å². The molecule has 0 heteroatoms. The van der Waals surface area contributed by atoms with E-state index in [1.807, 2.05) is 0 Å². The number of rotatable bonds is 0. The van der Waals surface area contributed by atoms with Gasteiger partial charge in [0.1, 0.15) is 0 Å². The van der Waals surface area contributed by atoms with Crippen LogP contribution in [-0.4, -0.2) is 0 Å². The predicted molar refractivity (Wildman–Crippen MR) is 80.4 cm³/mol. The van der Waals surface area contributed by atoms with E-state index in [2.05, 4.69) is 27.7 Å².